The Morgan fingerprint density at radius 3 is 3.11 bits per heavy atom. The molecule has 9 heavy (non-hydrogen) atoms. The van der Waals surface area contributed by atoms with Crippen LogP contribution in [0.5, 0.6) is 0 Å². The van der Waals surface area contributed by atoms with Gasteiger partial charge in [-0.05, 0) is 6.07 Å². The molecule has 48 valence electrons. The van der Waals surface area contributed by atoms with E-state index in [1.807, 2.05) is 0 Å². The zero-order valence-electron chi connectivity index (χ0n) is 4.30. The zero-order chi connectivity index (χ0) is 6.69. The third-order valence-electron chi connectivity index (χ3n) is 0.791. The van der Waals surface area contributed by atoms with Gasteiger partial charge in [0.25, 0.3) is 0 Å². The Kier molecular flexibility index (Phi) is 1.44. The lowest BCUT2D eigenvalue weighted by Crippen LogP contribution is -1.98. The maximum Gasteiger partial charge on any atom is 0.397 e. The quantitative estimate of drug-likeness (QED) is 0.600. The fourth-order valence-corrected chi connectivity index (χ4v) is 0.411. The third-order valence-corrected chi connectivity index (χ3v) is 0.791. The number of rotatable bonds is 1. The van der Waals surface area contributed by atoms with Crippen molar-refractivity contribution in [2.75, 3.05) is 0 Å². The fourth-order valence-electron chi connectivity index (χ4n) is 0.411. The van der Waals surface area contributed by atoms with Crippen LogP contribution in [0.2, 0.25) is 0 Å². The summed E-state index contributed by atoms with van der Waals surface area (Å²) >= 11 is 0. The smallest absolute Gasteiger partial charge is 0.271 e. The molecule has 1 rings (SSSR count). The van der Waals surface area contributed by atoms with Crippen molar-refractivity contribution in [2.24, 2.45) is 0 Å². The molecule has 1 heterocycles. The normalized spacial score (nSPS) is 9.00. The average molecular weight is 130 g/mol. The summed E-state index contributed by atoms with van der Waals surface area (Å²) in [6.45, 7) is 0. The van der Waals surface area contributed by atoms with Crippen molar-refractivity contribution in [2.45, 2.75) is 0 Å². The summed E-state index contributed by atoms with van der Waals surface area (Å²) in [6, 6.07) is 1.31. The summed E-state index contributed by atoms with van der Waals surface area (Å²) in [5.41, 5.74) is -0.00231. The Bertz CT molecular complexity index is 196. The second kappa shape index (κ2) is 2.25. The number of nitrogens with one attached hydrogen (secondary N) is 1. The third kappa shape index (κ3) is 1.04. The van der Waals surface area contributed by atoms with E-state index in [2.05, 4.69) is 15.1 Å². The molecule has 0 saturated carbocycles. The minimum absolute atomic E-state index is 0.00231. The lowest BCUT2D eigenvalue weighted by atomic mass is 10.5. The van der Waals surface area contributed by atoms with E-state index in [0.717, 1.165) is 0 Å². The molecule has 0 amide bonds. The molecule has 0 radical (unpaired) electrons. The maximum absolute atomic E-state index is 11.1. The molecule has 0 aliphatic rings. The second-order valence-electron chi connectivity index (χ2n) is 1.33. The van der Waals surface area contributed by atoms with Crippen molar-refractivity contribution in [3.63, 3.8) is 0 Å². The van der Waals surface area contributed by atoms with Gasteiger partial charge in [0.2, 0.25) is 0 Å². The van der Waals surface area contributed by atoms with Crippen molar-refractivity contribution >= 4 is 5.97 Å². The van der Waals surface area contributed by atoms with Gasteiger partial charge in [-0.15, -0.1) is 0 Å². The zero-order valence-corrected chi connectivity index (χ0v) is 4.30. The molecular formula is C4H3FN2O2. The summed E-state index contributed by atoms with van der Waals surface area (Å²) in [6.07, 6.45) is 1.33. The number of nitrogens with zero attached hydrogens (tertiary/aromatic N) is 1. The van der Waals surface area contributed by atoms with Crippen LogP contribution in [-0.4, -0.2) is 16.2 Å². The summed E-state index contributed by atoms with van der Waals surface area (Å²) in [5.74, 6) is -1.06. The van der Waals surface area contributed by atoms with E-state index in [0.29, 0.717) is 0 Å². The molecule has 0 atom stereocenters. The highest BCUT2D eigenvalue weighted by molar-refractivity contribution is 5.86. The molecule has 0 aliphatic heterocycles. The maximum atomic E-state index is 11.1. The van der Waals surface area contributed by atoms with Crippen LogP contribution >= 0.6 is 0 Å². The van der Waals surface area contributed by atoms with E-state index in [4.69, 9.17) is 0 Å². The lowest BCUT2D eigenvalue weighted by molar-refractivity contribution is -0.0793. The second-order valence-corrected chi connectivity index (χ2v) is 1.33. The first-order valence-electron chi connectivity index (χ1n) is 2.17. The Morgan fingerprint density at radius 1 is 1.89 bits per heavy atom. The van der Waals surface area contributed by atoms with Crippen LogP contribution in [0.25, 0.3) is 0 Å². The summed E-state index contributed by atoms with van der Waals surface area (Å²) in [4.78, 5) is 13.1. The van der Waals surface area contributed by atoms with Gasteiger partial charge in [-0.25, -0.2) is 9.74 Å². The molecule has 1 aromatic rings. The van der Waals surface area contributed by atoms with Gasteiger partial charge in [0, 0.05) is 10.7 Å². The largest absolute Gasteiger partial charge is 0.397 e. The van der Waals surface area contributed by atoms with E-state index < -0.39 is 5.97 Å². The molecule has 5 heteroatoms. The Morgan fingerprint density at radius 2 is 2.67 bits per heavy atom. The summed E-state index contributed by atoms with van der Waals surface area (Å²) < 4.78 is 11.1. The fraction of sp³-hybridized carbons (Fsp3) is 0. The van der Waals surface area contributed by atoms with Gasteiger partial charge in [0.05, 0.1) is 0 Å². The molecule has 4 nitrogen and oxygen atoms in total. The number of hydrogen-bond acceptors (Lipinski definition) is 3. The molecule has 0 aliphatic carbocycles. The number of aromatic nitrogens is 2. The van der Waals surface area contributed by atoms with Crippen LogP contribution in [0.15, 0.2) is 12.3 Å². The average Bonchev–Trinajstić information content (AvgIpc) is 2.37. The monoisotopic (exact) mass is 130 g/mol. The molecule has 0 aromatic carbocycles. The van der Waals surface area contributed by atoms with Gasteiger partial charge >= 0.3 is 5.97 Å². The van der Waals surface area contributed by atoms with Crippen molar-refractivity contribution in [3.8, 4) is 0 Å². The standard InChI is InChI=1S/C4H3FN2O2/c5-9-4(8)3-1-2-6-7-3/h1-2H,(H,6,7). The predicted octanol–water partition coefficient (Wildman–Crippen LogP) is 0.451. The van der Waals surface area contributed by atoms with Crippen LogP contribution in [-0.2, 0) is 4.94 Å². The van der Waals surface area contributed by atoms with Gasteiger partial charge in [-0.3, -0.25) is 5.10 Å². The molecule has 0 unspecified atom stereocenters. The van der Waals surface area contributed by atoms with Crippen molar-refractivity contribution in [1.29, 1.82) is 0 Å². The van der Waals surface area contributed by atoms with Crippen LogP contribution in [0.3, 0.4) is 0 Å². The van der Waals surface area contributed by atoms with E-state index in [1.54, 1.807) is 0 Å². The first kappa shape index (κ1) is 5.74. The minimum atomic E-state index is -1.06. The Hall–Kier alpha value is -1.39. The van der Waals surface area contributed by atoms with Crippen molar-refractivity contribution in [1.82, 2.24) is 10.2 Å². The van der Waals surface area contributed by atoms with Gasteiger partial charge in [-0.1, -0.05) is 0 Å². The number of H-pyrrole nitrogens is 1. The Labute approximate surface area is 49.5 Å². The lowest BCUT2D eigenvalue weighted by Gasteiger charge is -1.83. The topological polar surface area (TPSA) is 55.0 Å². The van der Waals surface area contributed by atoms with Crippen LogP contribution in [0.1, 0.15) is 10.5 Å². The number of carbonyl (C=O) groups excluding carboxylic acids is 1. The van der Waals surface area contributed by atoms with E-state index in [9.17, 15) is 9.32 Å². The molecule has 1 N–H and O–H groups in total. The van der Waals surface area contributed by atoms with E-state index in [1.165, 1.54) is 12.3 Å². The van der Waals surface area contributed by atoms with Gasteiger partial charge in [0.15, 0.2) is 0 Å². The van der Waals surface area contributed by atoms with Gasteiger partial charge in [-0.2, -0.15) is 5.10 Å². The summed E-state index contributed by atoms with van der Waals surface area (Å²) in [7, 11) is 0. The highest BCUT2D eigenvalue weighted by Gasteiger charge is 2.06. The molecule has 0 fully saturated rings. The van der Waals surface area contributed by atoms with Crippen LogP contribution in [0, 0.1) is 0 Å². The first-order valence-corrected chi connectivity index (χ1v) is 2.17. The van der Waals surface area contributed by atoms with Crippen molar-refractivity contribution < 1.29 is 14.3 Å². The molecule has 0 saturated heterocycles. The number of halogens is 1. The molecule has 1 aromatic heterocycles. The Balaban J connectivity index is 2.77. The number of aromatic amines is 1. The highest BCUT2D eigenvalue weighted by Crippen LogP contribution is 1.94. The van der Waals surface area contributed by atoms with Crippen LogP contribution < -0.4 is 0 Å². The molecule has 0 bridgehead atoms. The van der Waals surface area contributed by atoms with E-state index in [-0.39, 0.29) is 5.69 Å². The molecule has 0 spiro atoms. The van der Waals surface area contributed by atoms with E-state index >= 15 is 0 Å². The van der Waals surface area contributed by atoms with Gasteiger partial charge in [0.1, 0.15) is 5.69 Å². The first-order chi connectivity index (χ1) is 4.34. The van der Waals surface area contributed by atoms with Crippen molar-refractivity contribution in [3.05, 3.63) is 18.0 Å². The summed E-state index contributed by atoms with van der Waals surface area (Å²) in [5, 5.41) is 5.62. The number of carbonyl (C=O) groups is 1. The van der Waals surface area contributed by atoms with Gasteiger partial charge < -0.3 is 0 Å². The molecular weight excluding hydrogens is 127 g/mol. The van der Waals surface area contributed by atoms with Crippen LogP contribution in [0.4, 0.5) is 4.53 Å². The SMILES string of the molecule is O=C(OF)c1ccn[nH]1. The highest BCUT2D eigenvalue weighted by atomic mass is 19.3. The predicted molar refractivity (Wildman–Crippen MR) is 25.1 cm³/mol. The minimum Gasteiger partial charge on any atom is -0.271 e. The number of hydrogen-bond donors (Lipinski definition) is 1.